The molecule has 0 spiro atoms. The van der Waals surface area contributed by atoms with Crippen LogP contribution in [0.1, 0.15) is 32.8 Å². The van der Waals surface area contributed by atoms with Gasteiger partial charge in [-0.25, -0.2) is 8.42 Å². The van der Waals surface area contributed by atoms with E-state index in [9.17, 15) is 18.0 Å². The van der Waals surface area contributed by atoms with E-state index in [2.05, 4.69) is 5.32 Å². The van der Waals surface area contributed by atoms with Gasteiger partial charge in [0.2, 0.25) is 11.8 Å². The number of nitrogens with one attached hydrogen (secondary N) is 1. The normalized spacial score (nSPS) is 12.6. The first-order valence-corrected chi connectivity index (χ1v) is 15.0. The lowest BCUT2D eigenvalue weighted by molar-refractivity contribution is -0.139. The van der Waals surface area contributed by atoms with Crippen molar-refractivity contribution in [2.75, 3.05) is 31.6 Å². The second kappa shape index (κ2) is 14.5. The van der Waals surface area contributed by atoms with Crippen LogP contribution in [0.2, 0.25) is 0 Å². The second-order valence-corrected chi connectivity index (χ2v) is 11.5. The molecule has 1 N–H and O–H groups in total. The predicted octanol–water partition coefficient (Wildman–Crippen LogP) is 4.27. The van der Waals surface area contributed by atoms with Crippen molar-refractivity contribution in [3.05, 3.63) is 84.4 Å². The van der Waals surface area contributed by atoms with Gasteiger partial charge >= 0.3 is 0 Å². The van der Waals surface area contributed by atoms with Gasteiger partial charge in [0.05, 0.1) is 24.8 Å². The number of sulfonamides is 1. The number of nitrogens with zero attached hydrogens (tertiary/aromatic N) is 2. The van der Waals surface area contributed by atoms with Crippen molar-refractivity contribution < 1.29 is 27.5 Å². The van der Waals surface area contributed by atoms with Gasteiger partial charge in [-0.3, -0.25) is 13.9 Å². The van der Waals surface area contributed by atoms with Gasteiger partial charge < -0.3 is 19.7 Å². The van der Waals surface area contributed by atoms with E-state index in [1.807, 2.05) is 44.2 Å². The molecule has 220 valence electrons. The number of benzene rings is 3. The van der Waals surface area contributed by atoms with Crippen molar-refractivity contribution in [3.63, 3.8) is 0 Å². The first-order chi connectivity index (χ1) is 19.6. The molecule has 10 heteroatoms. The van der Waals surface area contributed by atoms with Crippen molar-refractivity contribution in [1.29, 1.82) is 0 Å². The summed E-state index contributed by atoms with van der Waals surface area (Å²) in [5, 5.41) is 2.94. The maximum Gasteiger partial charge on any atom is 0.264 e. The van der Waals surface area contributed by atoms with E-state index in [0.717, 1.165) is 16.3 Å². The van der Waals surface area contributed by atoms with Crippen molar-refractivity contribution in [1.82, 2.24) is 10.2 Å². The minimum absolute atomic E-state index is 0.0646. The molecule has 0 aliphatic heterocycles. The summed E-state index contributed by atoms with van der Waals surface area (Å²) in [6.07, 6.45) is 1.24. The van der Waals surface area contributed by atoms with Crippen molar-refractivity contribution in [3.8, 4) is 11.5 Å². The van der Waals surface area contributed by atoms with Crippen LogP contribution in [0.5, 0.6) is 11.5 Å². The fourth-order valence-electron chi connectivity index (χ4n) is 4.26. The van der Waals surface area contributed by atoms with E-state index in [0.29, 0.717) is 17.9 Å². The quantitative estimate of drug-likeness (QED) is 0.305. The van der Waals surface area contributed by atoms with Crippen LogP contribution in [0.3, 0.4) is 0 Å². The number of carbonyl (C=O) groups is 2. The first-order valence-electron chi connectivity index (χ1n) is 13.6. The molecule has 0 aliphatic carbocycles. The Hall–Kier alpha value is -4.05. The monoisotopic (exact) mass is 581 g/mol. The van der Waals surface area contributed by atoms with Gasteiger partial charge in [-0.1, -0.05) is 55.5 Å². The standard InChI is InChI=1S/C31H39N3O6S/c1-6-23(2)32-31(36)24(3)33(20-19-25-13-9-7-10-14-25)30(35)22-34(26-15-11-8-12-16-26)41(37,38)27-17-18-28(39-4)29(21-27)40-5/h7-18,21,23-24H,6,19-20,22H2,1-5H3,(H,32,36). The number of hydrogen-bond acceptors (Lipinski definition) is 6. The Labute approximate surface area is 243 Å². The first kappa shape index (κ1) is 31.5. The lowest BCUT2D eigenvalue weighted by Crippen LogP contribution is -2.53. The number of carbonyl (C=O) groups excluding carboxylic acids is 2. The second-order valence-electron chi connectivity index (χ2n) is 9.68. The molecule has 3 aromatic rings. The molecule has 0 aliphatic rings. The fourth-order valence-corrected chi connectivity index (χ4v) is 5.69. The summed E-state index contributed by atoms with van der Waals surface area (Å²) in [4.78, 5) is 28.4. The highest BCUT2D eigenvalue weighted by atomic mass is 32.2. The van der Waals surface area contributed by atoms with Crippen molar-refractivity contribution in [2.24, 2.45) is 0 Å². The minimum Gasteiger partial charge on any atom is -0.493 e. The summed E-state index contributed by atoms with van der Waals surface area (Å²) in [5.74, 6) is -0.176. The number of ether oxygens (including phenoxy) is 2. The maximum absolute atomic E-state index is 14.0. The molecule has 0 heterocycles. The average Bonchev–Trinajstić information content (AvgIpc) is 3.00. The van der Waals surface area contributed by atoms with Gasteiger partial charge in [0, 0.05) is 18.7 Å². The van der Waals surface area contributed by atoms with E-state index >= 15 is 0 Å². The van der Waals surface area contributed by atoms with Gasteiger partial charge in [0.1, 0.15) is 12.6 Å². The smallest absolute Gasteiger partial charge is 0.264 e. The fraction of sp³-hybridized carbons (Fsp3) is 0.355. The van der Waals surface area contributed by atoms with Crippen LogP contribution in [-0.2, 0) is 26.0 Å². The van der Waals surface area contributed by atoms with Crippen molar-refractivity contribution in [2.45, 2.75) is 50.6 Å². The molecular weight excluding hydrogens is 542 g/mol. The van der Waals surface area contributed by atoms with Gasteiger partial charge in [0.15, 0.2) is 11.5 Å². The summed E-state index contributed by atoms with van der Waals surface area (Å²) in [5.41, 5.74) is 1.31. The number of amides is 2. The Kier molecular flexibility index (Phi) is 11.2. The van der Waals surface area contributed by atoms with Gasteiger partial charge in [-0.05, 0) is 56.5 Å². The lowest BCUT2D eigenvalue weighted by Gasteiger charge is -2.32. The van der Waals surface area contributed by atoms with Crippen LogP contribution in [0.25, 0.3) is 0 Å². The Morgan fingerprint density at radius 3 is 2.07 bits per heavy atom. The molecule has 2 atom stereocenters. The number of rotatable bonds is 14. The molecule has 3 rings (SSSR count). The number of para-hydroxylation sites is 1. The molecule has 2 amide bonds. The highest BCUT2D eigenvalue weighted by Gasteiger charge is 2.33. The van der Waals surface area contributed by atoms with E-state index < -0.39 is 28.5 Å². The summed E-state index contributed by atoms with van der Waals surface area (Å²) < 4.78 is 39.7. The van der Waals surface area contributed by atoms with Crippen LogP contribution in [0.4, 0.5) is 5.69 Å². The van der Waals surface area contributed by atoms with Gasteiger partial charge in [0.25, 0.3) is 10.0 Å². The Morgan fingerprint density at radius 1 is 0.878 bits per heavy atom. The summed E-state index contributed by atoms with van der Waals surface area (Å²) >= 11 is 0. The molecule has 0 saturated heterocycles. The largest absolute Gasteiger partial charge is 0.493 e. The zero-order valence-electron chi connectivity index (χ0n) is 24.2. The Bertz CT molecular complexity index is 1400. The van der Waals surface area contributed by atoms with Crippen LogP contribution < -0.4 is 19.1 Å². The molecular formula is C31H39N3O6S. The van der Waals surface area contributed by atoms with Gasteiger partial charge in [-0.2, -0.15) is 0 Å². The van der Waals surface area contributed by atoms with Crippen LogP contribution in [-0.4, -0.2) is 64.5 Å². The number of hydrogen-bond donors (Lipinski definition) is 1. The van der Waals surface area contributed by atoms with Gasteiger partial charge in [-0.15, -0.1) is 0 Å². The SMILES string of the molecule is CCC(C)NC(=O)C(C)N(CCc1ccccc1)C(=O)CN(c1ccccc1)S(=O)(=O)c1ccc(OC)c(OC)c1. The zero-order valence-corrected chi connectivity index (χ0v) is 25.1. The van der Waals surface area contributed by atoms with E-state index in [1.54, 1.807) is 37.3 Å². The van der Waals surface area contributed by atoms with E-state index in [-0.39, 0.29) is 29.1 Å². The summed E-state index contributed by atoms with van der Waals surface area (Å²) in [6.45, 7) is 5.25. The highest BCUT2D eigenvalue weighted by molar-refractivity contribution is 7.92. The summed E-state index contributed by atoms with van der Waals surface area (Å²) in [6, 6.07) is 21.4. The molecule has 3 aromatic carbocycles. The zero-order chi connectivity index (χ0) is 30.0. The third kappa shape index (κ3) is 8.00. The maximum atomic E-state index is 14.0. The number of anilines is 1. The van der Waals surface area contributed by atoms with Crippen LogP contribution in [0, 0.1) is 0 Å². The van der Waals surface area contributed by atoms with E-state index in [1.165, 1.54) is 37.3 Å². The van der Waals surface area contributed by atoms with Crippen LogP contribution in [0.15, 0.2) is 83.8 Å². The Morgan fingerprint density at radius 2 is 1.49 bits per heavy atom. The third-order valence-corrected chi connectivity index (χ3v) is 8.69. The average molecular weight is 582 g/mol. The molecule has 0 radical (unpaired) electrons. The van der Waals surface area contributed by atoms with E-state index in [4.69, 9.17) is 9.47 Å². The third-order valence-electron chi connectivity index (χ3n) is 6.92. The van der Waals surface area contributed by atoms with Crippen LogP contribution >= 0.6 is 0 Å². The highest BCUT2D eigenvalue weighted by Crippen LogP contribution is 2.32. The number of methoxy groups -OCH3 is 2. The topological polar surface area (TPSA) is 105 Å². The molecule has 0 bridgehead atoms. The Balaban J connectivity index is 1.99. The molecule has 0 fully saturated rings. The summed E-state index contributed by atoms with van der Waals surface area (Å²) in [7, 11) is -1.34. The lowest BCUT2D eigenvalue weighted by atomic mass is 10.1. The molecule has 0 saturated carbocycles. The predicted molar refractivity (Wildman–Crippen MR) is 160 cm³/mol. The van der Waals surface area contributed by atoms with Crippen molar-refractivity contribution >= 4 is 27.5 Å². The minimum atomic E-state index is -4.23. The molecule has 0 aromatic heterocycles. The molecule has 41 heavy (non-hydrogen) atoms. The molecule has 9 nitrogen and oxygen atoms in total. The molecule has 2 unspecified atom stereocenters.